The van der Waals surface area contributed by atoms with Crippen LogP contribution in [0, 0.1) is 0 Å². The third kappa shape index (κ3) is 4.03. The van der Waals surface area contributed by atoms with Gasteiger partial charge < -0.3 is 10.1 Å². The Hall–Kier alpha value is -1.35. The molecule has 0 aliphatic rings. The third-order valence-corrected chi connectivity index (χ3v) is 2.35. The zero-order valence-electron chi connectivity index (χ0n) is 9.95. The molecular formula is C13H19NO2. The number of benzene rings is 1. The number of Topliss-reactive ketones (excluding diaryl/α,β-unsaturated/α-hetero) is 1. The van der Waals surface area contributed by atoms with Crippen molar-refractivity contribution in [3.8, 4) is 5.75 Å². The van der Waals surface area contributed by atoms with Gasteiger partial charge in [0.15, 0.2) is 5.78 Å². The van der Waals surface area contributed by atoms with E-state index in [-0.39, 0.29) is 5.78 Å². The molecule has 0 saturated heterocycles. The van der Waals surface area contributed by atoms with E-state index in [0.29, 0.717) is 6.42 Å². The summed E-state index contributed by atoms with van der Waals surface area (Å²) in [5.41, 5.74) is 0.720. The molecule has 3 nitrogen and oxygen atoms in total. The smallest absolute Gasteiger partial charge is 0.164 e. The van der Waals surface area contributed by atoms with Gasteiger partial charge in [-0.05, 0) is 25.1 Å². The summed E-state index contributed by atoms with van der Waals surface area (Å²) < 4.78 is 5.08. The van der Waals surface area contributed by atoms with E-state index in [4.69, 9.17) is 4.74 Å². The summed E-state index contributed by atoms with van der Waals surface area (Å²) in [5.74, 6) is 0.884. The first-order valence-electron chi connectivity index (χ1n) is 5.66. The number of nitrogens with one attached hydrogen (secondary N) is 1. The average molecular weight is 221 g/mol. The Morgan fingerprint density at radius 2 is 2.19 bits per heavy atom. The second-order valence-electron chi connectivity index (χ2n) is 3.66. The first-order chi connectivity index (χ1) is 7.77. The van der Waals surface area contributed by atoms with E-state index >= 15 is 0 Å². The fourth-order valence-electron chi connectivity index (χ4n) is 1.44. The van der Waals surface area contributed by atoms with Crippen LogP contribution in [0.5, 0.6) is 5.75 Å². The molecule has 0 heterocycles. The number of methoxy groups -OCH3 is 1. The van der Waals surface area contributed by atoms with Crippen LogP contribution in [0.4, 0.5) is 0 Å². The van der Waals surface area contributed by atoms with E-state index in [1.54, 1.807) is 13.2 Å². The van der Waals surface area contributed by atoms with Crippen LogP contribution in [-0.4, -0.2) is 26.0 Å². The van der Waals surface area contributed by atoms with Crippen molar-refractivity contribution in [3.05, 3.63) is 29.8 Å². The van der Waals surface area contributed by atoms with Crippen LogP contribution in [0.15, 0.2) is 24.3 Å². The van der Waals surface area contributed by atoms with Gasteiger partial charge in [0.1, 0.15) is 5.75 Å². The SMILES string of the molecule is CCCNCCC(=O)c1cccc(OC)c1. The molecule has 16 heavy (non-hydrogen) atoms. The normalized spacial score (nSPS) is 10.1. The predicted molar refractivity (Wildman–Crippen MR) is 65.1 cm³/mol. The van der Waals surface area contributed by atoms with Gasteiger partial charge in [-0.3, -0.25) is 4.79 Å². The lowest BCUT2D eigenvalue weighted by atomic mass is 10.1. The van der Waals surface area contributed by atoms with Crippen molar-refractivity contribution in [1.29, 1.82) is 0 Å². The second-order valence-corrected chi connectivity index (χ2v) is 3.66. The summed E-state index contributed by atoms with van der Waals surface area (Å²) >= 11 is 0. The Labute approximate surface area is 96.8 Å². The minimum absolute atomic E-state index is 0.155. The van der Waals surface area contributed by atoms with Crippen molar-refractivity contribution >= 4 is 5.78 Å². The lowest BCUT2D eigenvalue weighted by Crippen LogP contribution is -2.18. The van der Waals surface area contributed by atoms with Crippen molar-refractivity contribution in [2.24, 2.45) is 0 Å². The van der Waals surface area contributed by atoms with E-state index < -0.39 is 0 Å². The van der Waals surface area contributed by atoms with Crippen LogP contribution in [0.25, 0.3) is 0 Å². The summed E-state index contributed by atoms with van der Waals surface area (Å²) in [4.78, 5) is 11.8. The molecular weight excluding hydrogens is 202 g/mol. The number of ketones is 1. The summed E-state index contributed by atoms with van der Waals surface area (Å²) in [6.07, 6.45) is 1.63. The highest BCUT2D eigenvalue weighted by Crippen LogP contribution is 2.13. The molecule has 0 radical (unpaired) electrons. The first kappa shape index (κ1) is 12.7. The molecule has 0 spiro atoms. The van der Waals surface area contributed by atoms with Crippen LogP contribution in [0.1, 0.15) is 30.1 Å². The molecule has 0 unspecified atom stereocenters. The first-order valence-corrected chi connectivity index (χ1v) is 5.66. The quantitative estimate of drug-likeness (QED) is 0.567. The molecule has 0 amide bonds. The highest BCUT2D eigenvalue weighted by atomic mass is 16.5. The lowest BCUT2D eigenvalue weighted by Gasteiger charge is -2.04. The topological polar surface area (TPSA) is 38.3 Å². The molecule has 1 N–H and O–H groups in total. The number of ether oxygens (including phenoxy) is 1. The van der Waals surface area contributed by atoms with E-state index in [0.717, 1.165) is 30.8 Å². The largest absolute Gasteiger partial charge is 0.497 e. The highest BCUT2D eigenvalue weighted by molar-refractivity contribution is 5.96. The minimum Gasteiger partial charge on any atom is -0.497 e. The molecule has 0 fully saturated rings. The number of rotatable bonds is 7. The monoisotopic (exact) mass is 221 g/mol. The Kier molecular flexibility index (Phi) is 5.57. The molecule has 1 aromatic rings. The maximum atomic E-state index is 11.8. The van der Waals surface area contributed by atoms with E-state index in [1.165, 1.54) is 0 Å². The summed E-state index contributed by atoms with van der Waals surface area (Å²) in [5, 5.41) is 3.21. The Balaban J connectivity index is 2.46. The number of hydrogen-bond donors (Lipinski definition) is 1. The molecule has 0 aliphatic heterocycles. The standard InChI is InChI=1S/C13H19NO2/c1-3-8-14-9-7-13(15)11-5-4-6-12(10-11)16-2/h4-6,10,14H,3,7-9H2,1-2H3. The molecule has 0 atom stereocenters. The average Bonchev–Trinajstić information content (AvgIpc) is 2.34. The third-order valence-electron chi connectivity index (χ3n) is 2.35. The second kappa shape index (κ2) is 7.01. The van der Waals surface area contributed by atoms with Gasteiger partial charge in [0.25, 0.3) is 0 Å². The van der Waals surface area contributed by atoms with E-state index in [9.17, 15) is 4.79 Å². The summed E-state index contributed by atoms with van der Waals surface area (Å²) in [6, 6.07) is 7.28. The van der Waals surface area contributed by atoms with Crippen molar-refractivity contribution in [2.75, 3.05) is 20.2 Å². The van der Waals surface area contributed by atoms with Gasteiger partial charge >= 0.3 is 0 Å². The Bertz CT molecular complexity index is 336. The van der Waals surface area contributed by atoms with Crippen molar-refractivity contribution in [3.63, 3.8) is 0 Å². The van der Waals surface area contributed by atoms with Crippen LogP contribution in [0.2, 0.25) is 0 Å². The molecule has 0 saturated carbocycles. The Morgan fingerprint density at radius 1 is 1.38 bits per heavy atom. The van der Waals surface area contributed by atoms with Gasteiger partial charge in [-0.2, -0.15) is 0 Å². The number of carbonyl (C=O) groups is 1. The van der Waals surface area contributed by atoms with Crippen LogP contribution in [0.3, 0.4) is 0 Å². The van der Waals surface area contributed by atoms with Gasteiger partial charge in [-0.15, -0.1) is 0 Å². The number of carbonyl (C=O) groups excluding carboxylic acids is 1. The van der Waals surface area contributed by atoms with Crippen LogP contribution < -0.4 is 10.1 Å². The molecule has 0 aromatic heterocycles. The van der Waals surface area contributed by atoms with Crippen LogP contribution in [-0.2, 0) is 0 Å². The Morgan fingerprint density at radius 3 is 2.88 bits per heavy atom. The van der Waals surface area contributed by atoms with E-state index in [2.05, 4.69) is 12.2 Å². The van der Waals surface area contributed by atoms with E-state index in [1.807, 2.05) is 18.2 Å². The molecule has 1 rings (SSSR count). The fourth-order valence-corrected chi connectivity index (χ4v) is 1.44. The lowest BCUT2D eigenvalue weighted by molar-refractivity contribution is 0.0982. The zero-order valence-corrected chi connectivity index (χ0v) is 9.95. The van der Waals surface area contributed by atoms with Gasteiger partial charge in [0.05, 0.1) is 7.11 Å². The number of hydrogen-bond acceptors (Lipinski definition) is 3. The molecule has 88 valence electrons. The van der Waals surface area contributed by atoms with Crippen LogP contribution >= 0.6 is 0 Å². The predicted octanol–water partition coefficient (Wildman–Crippen LogP) is 2.27. The van der Waals surface area contributed by atoms with Crippen molar-refractivity contribution in [2.45, 2.75) is 19.8 Å². The fraction of sp³-hybridized carbons (Fsp3) is 0.462. The van der Waals surface area contributed by atoms with Gasteiger partial charge in [0, 0.05) is 18.5 Å². The maximum absolute atomic E-state index is 11.8. The molecule has 3 heteroatoms. The zero-order chi connectivity index (χ0) is 11.8. The van der Waals surface area contributed by atoms with Crippen molar-refractivity contribution < 1.29 is 9.53 Å². The molecule has 0 bridgehead atoms. The highest BCUT2D eigenvalue weighted by Gasteiger charge is 2.05. The van der Waals surface area contributed by atoms with Gasteiger partial charge in [-0.1, -0.05) is 19.1 Å². The van der Waals surface area contributed by atoms with Crippen molar-refractivity contribution in [1.82, 2.24) is 5.32 Å². The van der Waals surface area contributed by atoms with Gasteiger partial charge in [-0.25, -0.2) is 0 Å². The molecule has 0 aliphatic carbocycles. The molecule has 1 aromatic carbocycles. The summed E-state index contributed by atoms with van der Waals surface area (Å²) in [6.45, 7) is 3.81. The minimum atomic E-state index is 0.155. The maximum Gasteiger partial charge on any atom is 0.164 e. The van der Waals surface area contributed by atoms with Gasteiger partial charge in [0.2, 0.25) is 0 Å². The summed E-state index contributed by atoms with van der Waals surface area (Å²) in [7, 11) is 1.60.